The lowest BCUT2D eigenvalue weighted by molar-refractivity contribution is 0.496. The van der Waals surface area contributed by atoms with Gasteiger partial charge >= 0.3 is 0 Å². The van der Waals surface area contributed by atoms with Crippen LogP contribution in [0.1, 0.15) is 12.7 Å². The van der Waals surface area contributed by atoms with Crippen molar-refractivity contribution in [2.75, 3.05) is 13.6 Å². The Morgan fingerprint density at radius 1 is 1.53 bits per heavy atom. The number of hydrogen-bond acceptors (Lipinski definition) is 4. The van der Waals surface area contributed by atoms with E-state index in [4.69, 9.17) is 4.42 Å². The van der Waals surface area contributed by atoms with E-state index in [9.17, 15) is 8.42 Å². The highest BCUT2D eigenvalue weighted by Crippen LogP contribution is 2.02. The lowest BCUT2D eigenvalue weighted by Crippen LogP contribution is -2.37. The Hall–Kier alpha value is -0.850. The molecule has 0 spiro atoms. The summed E-state index contributed by atoms with van der Waals surface area (Å²) in [7, 11) is -1.55. The van der Waals surface area contributed by atoms with Crippen LogP contribution in [0.4, 0.5) is 0 Å². The molecular weight excluding hydrogens is 216 g/mol. The third-order valence-electron chi connectivity index (χ3n) is 2.05. The van der Waals surface area contributed by atoms with Gasteiger partial charge in [0.05, 0.1) is 18.1 Å². The molecule has 1 rings (SSSR count). The first-order chi connectivity index (χ1) is 7.06. The van der Waals surface area contributed by atoms with Gasteiger partial charge in [0.15, 0.2) is 0 Å². The molecule has 15 heavy (non-hydrogen) atoms. The molecule has 0 bridgehead atoms. The normalized spacial score (nSPS) is 14.0. The monoisotopic (exact) mass is 232 g/mol. The summed E-state index contributed by atoms with van der Waals surface area (Å²) < 4.78 is 30.8. The Morgan fingerprint density at radius 2 is 2.27 bits per heavy atom. The molecule has 5 nitrogen and oxygen atoms in total. The lowest BCUT2D eigenvalue weighted by Gasteiger charge is -2.12. The molecule has 0 aliphatic rings. The lowest BCUT2D eigenvalue weighted by atomic mass is 10.5. The van der Waals surface area contributed by atoms with Crippen molar-refractivity contribution in [2.24, 2.45) is 0 Å². The van der Waals surface area contributed by atoms with Crippen LogP contribution in [0.15, 0.2) is 22.8 Å². The molecule has 6 heteroatoms. The van der Waals surface area contributed by atoms with Crippen LogP contribution >= 0.6 is 0 Å². The number of nitrogens with one attached hydrogen (secondary N) is 2. The van der Waals surface area contributed by atoms with Crippen LogP contribution in [0.2, 0.25) is 0 Å². The Kier molecular flexibility index (Phi) is 4.31. The first kappa shape index (κ1) is 12.2. The van der Waals surface area contributed by atoms with Crippen LogP contribution in [-0.2, 0) is 16.6 Å². The van der Waals surface area contributed by atoms with E-state index in [0.29, 0.717) is 12.3 Å². The quantitative estimate of drug-likeness (QED) is 0.740. The van der Waals surface area contributed by atoms with Gasteiger partial charge in [-0.3, -0.25) is 0 Å². The second kappa shape index (κ2) is 5.29. The number of rotatable bonds is 6. The van der Waals surface area contributed by atoms with Crippen LogP contribution in [0.3, 0.4) is 0 Å². The van der Waals surface area contributed by atoms with Crippen LogP contribution in [-0.4, -0.2) is 27.3 Å². The second-order valence-electron chi connectivity index (χ2n) is 3.31. The summed E-state index contributed by atoms with van der Waals surface area (Å²) in [5.41, 5.74) is 0. The molecule has 0 amide bonds. The fourth-order valence-electron chi connectivity index (χ4n) is 1.12. The largest absolute Gasteiger partial charge is 0.468 e. The van der Waals surface area contributed by atoms with E-state index in [0.717, 1.165) is 0 Å². The van der Waals surface area contributed by atoms with Crippen molar-refractivity contribution in [1.29, 1.82) is 0 Å². The molecule has 0 saturated heterocycles. The first-order valence-electron chi connectivity index (χ1n) is 4.71. The van der Waals surface area contributed by atoms with Crippen molar-refractivity contribution in [3.05, 3.63) is 24.2 Å². The van der Waals surface area contributed by atoms with E-state index < -0.39 is 15.3 Å². The molecule has 0 aromatic carbocycles. The van der Waals surface area contributed by atoms with E-state index in [1.165, 1.54) is 6.26 Å². The van der Waals surface area contributed by atoms with Crippen molar-refractivity contribution in [3.63, 3.8) is 0 Å². The molecule has 0 radical (unpaired) electrons. The van der Waals surface area contributed by atoms with Gasteiger partial charge in [-0.25, -0.2) is 13.1 Å². The fraction of sp³-hybridized carbons (Fsp3) is 0.556. The molecule has 0 saturated carbocycles. The molecule has 1 aromatic rings. The Bertz CT molecular complexity index is 372. The molecule has 0 aliphatic carbocycles. The van der Waals surface area contributed by atoms with Gasteiger partial charge in [-0.15, -0.1) is 0 Å². The maximum Gasteiger partial charge on any atom is 0.215 e. The van der Waals surface area contributed by atoms with Crippen molar-refractivity contribution in [1.82, 2.24) is 10.0 Å². The predicted molar refractivity (Wildman–Crippen MR) is 57.9 cm³/mol. The van der Waals surface area contributed by atoms with Crippen molar-refractivity contribution < 1.29 is 12.8 Å². The average molecular weight is 232 g/mol. The maximum absolute atomic E-state index is 11.6. The van der Waals surface area contributed by atoms with Gasteiger partial charge in [-0.2, -0.15) is 0 Å². The van der Waals surface area contributed by atoms with Gasteiger partial charge in [0.1, 0.15) is 5.76 Å². The summed E-state index contributed by atoms with van der Waals surface area (Å²) in [4.78, 5) is 0. The van der Waals surface area contributed by atoms with Gasteiger partial charge in [0.25, 0.3) is 0 Å². The van der Waals surface area contributed by atoms with E-state index in [-0.39, 0.29) is 6.54 Å². The molecule has 1 unspecified atom stereocenters. The predicted octanol–water partition coefficient (Wildman–Crippen LogP) is 0.307. The summed E-state index contributed by atoms with van der Waals surface area (Å²) in [6, 6.07) is 3.45. The second-order valence-corrected chi connectivity index (χ2v) is 5.50. The minimum Gasteiger partial charge on any atom is -0.468 e. The molecule has 1 aromatic heterocycles. The molecule has 86 valence electrons. The third kappa shape index (κ3) is 3.65. The zero-order valence-electron chi connectivity index (χ0n) is 8.86. The number of sulfonamides is 1. The standard InChI is InChI=1S/C9H16N2O3S/c1-8(6-10-2)15(12,13)11-7-9-4-3-5-14-9/h3-5,8,10-11H,6-7H2,1-2H3. The SMILES string of the molecule is CNCC(C)S(=O)(=O)NCc1ccco1. The molecule has 0 fully saturated rings. The summed E-state index contributed by atoms with van der Waals surface area (Å²) in [6.07, 6.45) is 1.51. The zero-order valence-corrected chi connectivity index (χ0v) is 9.67. The van der Waals surface area contributed by atoms with E-state index >= 15 is 0 Å². The molecule has 1 atom stereocenters. The fourth-order valence-corrected chi connectivity index (χ4v) is 2.14. The molecule has 1 heterocycles. The number of furan rings is 1. The van der Waals surface area contributed by atoms with Crippen molar-refractivity contribution in [2.45, 2.75) is 18.7 Å². The smallest absolute Gasteiger partial charge is 0.215 e. The van der Waals surface area contributed by atoms with Crippen LogP contribution in [0, 0.1) is 0 Å². The molecule has 0 aliphatic heterocycles. The highest BCUT2D eigenvalue weighted by Gasteiger charge is 2.19. The van der Waals surface area contributed by atoms with E-state index in [1.807, 2.05) is 0 Å². The van der Waals surface area contributed by atoms with Crippen LogP contribution in [0.25, 0.3) is 0 Å². The van der Waals surface area contributed by atoms with Crippen LogP contribution in [0.5, 0.6) is 0 Å². The van der Waals surface area contributed by atoms with Gasteiger partial charge < -0.3 is 9.73 Å². The van der Waals surface area contributed by atoms with Gasteiger partial charge in [-0.05, 0) is 26.1 Å². The summed E-state index contributed by atoms with van der Waals surface area (Å²) >= 11 is 0. The van der Waals surface area contributed by atoms with E-state index in [1.54, 1.807) is 26.1 Å². The topological polar surface area (TPSA) is 71.3 Å². The molecule has 2 N–H and O–H groups in total. The Morgan fingerprint density at radius 3 is 2.80 bits per heavy atom. The minimum absolute atomic E-state index is 0.198. The highest BCUT2D eigenvalue weighted by atomic mass is 32.2. The Balaban J connectivity index is 2.50. The third-order valence-corrected chi connectivity index (χ3v) is 3.82. The Labute approximate surface area is 89.9 Å². The molecular formula is C9H16N2O3S. The van der Waals surface area contributed by atoms with Crippen molar-refractivity contribution >= 4 is 10.0 Å². The summed E-state index contributed by atoms with van der Waals surface area (Å²) in [5, 5.41) is 2.36. The first-order valence-corrected chi connectivity index (χ1v) is 6.26. The minimum atomic E-state index is -3.27. The summed E-state index contributed by atoms with van der Waals surface area (Å²) in [6.45, 7) is 2.28. The zero-order chi connectivity index (χ0) is 11.3. The summed E-state index contributed by atoms with van der Waals surface area (Å²) in [5.74, 6) is 0.607. The highest BCUT2D eigenvalue weighted by molar-refractivity contribution is 7.90. The maximum atomic E-state index is 11.6. The number of hydrogen-bond donors (Lipinski definition) is 2. The van der Waals surface area contributed by atoms with Gasteiger partial charge in [0.2, 0.25) is 10.0 Å². The van der Waals surface area contributed by atoms with E-state index in [2.05, 4.69) is 10.0 Å². The van der Waals surface area contributed by atoms with Crippen molar-refractivity contribution in [3.8, 4) is 0 Å². The van der Waals surface area contributed by atoms with Gasteiger partial charge in [0, 0.05) is 6.54 Å². The van der Waals surface area contributed by atoms with Crippen LogP contribution < -0.4 is 10.0 Å². The van der Waals surface area contributed by atoms with Gasteiger partial charge in [-0.1, -0.05) is 0 Å². The average Bonchev–Trinajstić information content (AvgIpc) is 2.68.